The van der Waals surface area contributed by atoms with Crippen molar-refractivity contribution in [3.05, 3.63) is 59.7 Å². The van der Waals surface area contributed by atoms with Crippen LogP contribution in [0.2, 0.25) is 0 Å². The van der Waals surface area contributed by atoms with Crippen LogP contribution in [0.1, 0.15) is 22.8 Å². The van der Waals surface area contributed by atoms with Crippen LogP contribution < -0.4 is 10.6 Å². The van der Waals surface area contributed by atoms with Crippen molar-refractivity contribution < 1.29 is 9.90 Å². The number of hydrogen-bond acceptors (Lipinski definition) is 3. The Kier molecular flexibility index (Phi) is 5.03. The molecule has 0 saturated heterocycles. The van der Waals surface area contributed by atoms with Crippen LogP contribution in [0.3, 0.4) is 0 Å². The number of Topliss-reactive ketones (excluding diaryl/α,β-unsaturated/α-hetero) is 1. The van der Waals surface area contributed by atoms with Crippen molar-refractivity contribution in [3.8, 4) is 0 Å². The molecule has 3 N–H and O–H groups in total. The molecule has 0 aliphatic heterocycles. The Balaban J connectivity index is 1.99. The third-order valence-corrected chi connectivity index (χ3v) is 3.12. The summed E-state index contributed by atoms with van der Waals surface area (Å²) in [4.78, 5) is 11.2. The van der Waals surface area contributed by atoms with Crippen molar-refractivity contribution in [2.45, 2.75) is 13.5 Å². The van der Waals surface area contributed by atoms with Gasteiger partial charge in [-0.2, -0.15) is 0 Å². The third-order valence-electron chi connectivity index (χ3n) is 2.92. The Morgan fingerprint density at radius 2 is 1.76 bits per heavy atom. The predicted molar refractivity (Wildman–Crippen MR) is 88.7 cm³/mol. The van der Waals surface area contributed by atoms with Crippen LogP contribution in [0.15, 0.2) is 48.5 Å². The van der Waals surface area contributed by atoms with Crippen molar-refractivity contribution in [2.24, 2.45) is 0 Å². The molecule has 21 heavy (non-hydrogen) atoms. The Morgan fingerprint density at radius 1 is 1.10 bits per heavy atom. The zero-order valence-electron chi connectivity index (χ0n) is 11.6. The zero-order valence-corrected chi connectivity index (χ0v) is 12.4. The Labute approximate surface area is 128 Å². The molecule has 0 aromatic heterocycles. The normalized spacial score (nSPS) is 10.0. The smallest absolute Gasteiger partial charge is 0.175 e. The lowest BCUT2D eigenvalue weighted by Gasteiger charge is -2.11. The molecule has 5 heteroatoms. The number of anilines is 2. The molecule has 0 bridgehead atoms. The monoisotopic (exact) mass is 300 g/mol. The van der Waals surface area contributed by atoms with Crippen LogP contribution in [0.25, 0.3) is 0 Å². The maximum Gasteiger partial charge on any atom is 0.175 e. The highest BCUT2D eigenvalue weighted by molar-refractivity contribution is 7.80. The molecule has 0 atom stereocenters. The number of thiocarbonyl (C=S) groups is 1. The van der Waals surface area contributed by atoms with Crippen LogP contribution >= 0.6 is 12.2 Å². The van der Waals surface area contributed by atoms with Gasteiger partial charge in [0.25, 0.3) is 0 Å². The fourth-order valence-corrected chi connectivity index (χ4v) is 2.06. The summed E-state index contributed by atoms with van der Waals surface area (Å²) < 4.78 is 0. The highest BCUT2D eigenvalue weighted by Crippen LogP contribution is 2.13. The first-order chi connectivity index (χ1) is 10.1. The van der Waals surface area contributed by atoms with E-state index in [0.29, 0.717) is 10.7 Å². The van der Waals surface area contributed by atoms with Gasteiger partial charge < -0.3 is 15.7 Å². The van der Waals surface area contributed by atoms with Gasteiger partial charge in [-0.15, -0.1) is 0 Å². The topological polar surface area (TPSA) is 61.4 Å². The molecule has 0 saturated carbocycles. The largest absolute Gasteiger partial charge is 0.392 e. The number of rotatable bonds is 4. The predicted octanol–water partition coefficient (Wildman–Crippen LogP) is 3.19. The minimum atomic E-state index is -0.0117. The second-order valence-corrected chi connectivity index (χ2v) is 4.98. The Bertz CT molecular complexity index is 654. The van der Waals surface area contributed by atoms with Gasteiger partial charge >= 0.3 is 0 Å². The van der Waals surface area contributed by atoms with E-state index in [9.17, 15) is 4.79 Å². The highest BCUT2D eigenvalue weighted by atomic mass is 32.1. The maximum atomic E-state index is 11.2. The van der Waals surface area contributed by atoms with E-state index in [1.54, 1.807) is 24.3 Å². The number of benzene rings is 2. The summed E-state index contributed by atoms with van der Waals surface area (Å²) in [6.07, 6.45) is 0. The number of ketones is 1. The maximum absolute atomic E-state index is 11.2. The molecule has 0 aliphatic rings. The van der Waals surface area contributed by atoms with Gasteiger partial charge in [-0.25, -0.2) is 0 Å². The molecule has 0 fully saturated rings. The van der Waals surface area contributed by atoms with Gasteiger partial charge in [0.15, 0.2) is 10.9 Å². The Morgan fingerprint density at radius 3 is 2.38 bits per heavy atom. The minimum Gasteiger partial charge on any atom is -0.392 e. The molecule has 0 radical (unpaired) electrons. The van der Waals surface area contributed by atoms with Gasteiger partial charge in [0.1, 0.15) is 0 Å². The molecule has 0 heterocycles. The minimum absolute atomic E-state index is 0.0117. The first-order valence-electron chi connectivity index (χ1n) is 6.47. The summed E-state index contributed by atoms with van der Waals surface area (Å²) >= 11 is 5.23. The molecule has 108 valence electrons. The van der Waals surface area contributed by atoms with E-state index in [2.05, 4.69) is 10.6 Å². The number of aliphatic hydroxyl groups is 1. The first-order valence-corrected chi connectivity index (χ1v) is 6.88. The van der Waals surface area contributed by atoms with Gasteiger partial charge in [-0.3, -0.25) is 4.79 Å². The lowest BCUT2D eigenvalue weighted by molar-refractivity contribution is 0.101. The van der Waals surface area contributed by atoms with Gasteiger partial charge in [0.2, 0.25) is 0 Å². The van der Waals surface area contributed by atoms with E-state index in [4.69, 9.17) is 17.3 Å². The van der Waals surface area contributed by atoms with Gasteiger partial charge in [-0.05, 0) is 61.1 Å². The van der Waals surface area contributed by atoms with Crippen molar-refractivity contribution >= 4 is 34.5 Å². The van der Waals surface area contributed by atoms with Crippen molar-refractivity contribution in [2.75, 3.05) is 10.6 Å². The molecule has 0 amide bonds. The SMILES string of the molecule is CC(=O)c1ccc(NC(=S)Nc2cccc(CO)c2)cc1. The lowest BCUT2D eigenvalue weighted by Crippen LogP contribution is -2.19. The number of hydrogen-bond donors (Lipinski definition) is 3. The number of aliphatic hydroxyl groups excluding tert-OH is 1. The summed E-state index contributed by atoms with van der Waals surface area (Å²) in [6, 6.07) is 14.5. The highest BCUT2D eigenvalue weighted by Gasteiger charge is 2.02. The van der Waals surface area contributed by atoms with Crippen molar-refractivity contribution in [3.63, 3.8) is 0 Å². The third kappa shape index (κ3) is 4.37. The molecular formula is C16H16N2O2S. The lowest BCUT2D eigenvalue weighted by atomic mass is 10.1. The first kappa shape index (κ1) is 15.2. The van der Waals surface area contributed by atoms with Crippen LogP contribution in [-0.2, 0) is 6.61 Å². The van der Waals surface area contributed by atoms with Crippen LogP contribution in [0.4, 0.5) is 11.4 Å². The van der Waals surface area contributed by atoms with E-state index in [1.807, 2.05) is 24.3 Å². The summed E-state index contributed by atoms with van der Waals surface area (Å²) in [5, 5.41) is 15.6. The van der Waals surface area contributed by atoms with Gasteiger partial charge in [0.05, 0.1) is 6.61 Å². The number of carbonyl (C=O) groups excluding carboxylic acids is 1. The molecule has 0 spiro atoms. The zero-order chi connectivity index (χ0) is 15.2. The van der Waals surface area contributed by atoms with Crippen molar-refractivity contribution in [1.29, 1.82) is 0 Å². The summed E-state index contributed by atoms with van der Waals surface area (Å²) in [7, 11) is 0. The molecule has 2 rings (SSSR count). The molecular weight excluding hydrogens is 284 g/mol. The average Bonchev–Trinajstić information content (AvgIpc) is 2.47. The van der Waals surface area contributed by atoms with E-state index < -0.39 is 0 Å². The van der Waals surface area contributed by atoms with E-state index in [1.165, 1.54) is 6.92 Å². The quantitative estimate of drug-likeness (QED) is 0.598. The Hall–Kier alpha value is -2.24. The van der Waals surface area contributed by atoms with Crippen molar-refractivity contribution in [1.82, 2.24) is 0 Å². The van der Waals surface area contributed by atoms with E-state index in [0.717, 1.165) is 16.9 Å². The summed E-state index contributed by atoms with van der Waals surface area (Å²) in [6.45, 7) is 1.52. The average molecular weight is 300 g/mol. The van der Waals surface area contributed by atoms with Gasteiger partial charge in [0, 0.05) is 16.9 Å². The fraction of sp³-hybridized carbons (Fsp3) is 0.125. The molecule has 4 nitrogen and oxygen atoms in total. The molecule has 2 aromatic carbocycles. The number of nitrogens with one attached hydrogen (secondary N) is 2. The summed E-state index contributed by atoms with van der Waals surface area (Å²) in [5.74, 6) is 0.0306. The van der Waals surface area contributed by atoms with Gasteiger partial charge in [-0.1, -0.05) is 12.1 Å². The number of carbonyl (C=O) groups is 1. The van der Waals surface area contributed by atoms with Crippen LogP contribution in [-0.4, -0.2) is 16.0 Å². The molecule has 2 aromatic rings. The molecule has 0 unspecified atom stereocenters. The van der Waals surface area contributed by atoms with Crippen LogP contribution in [0, 0.1) is 0 Å². The fourth-order valence-electron chi connectivity index (χ4n) is 1.83. The molecule has 0 aliphatic carbocycles. The van der Waals surface area contributed by atoms with E-state index in [-0.39, 0.29) is 12.4 Å². The summed E-state index contributed by atoms with van der Waals surface area (Å²) in [5.41, 5.74) is 3.08. The van der Waals surface area contributed by atoms with E-state index >= 15 is 0 Å². The van der Waals surface area contributed by atoms with Crippen LogP contribution in [0.5, 0.6) is 0 Å². The second kappa shape index (κ2) is 6.97. The standard InChI is InChI=1S/C16H16N2O2S/c1-11(20)13-5-7-14(8-6-13)17-16(21)18-15-4-2-3-12(9-15)10-19/h2-9,19H,10H2,1H3,(H2,17,18,21). The second-order valence-electron chi connectivity index (χ2n) is 4.57.